The Morgan fingerprint density at radius 2 is 1.61 bits per heavy atom. The van der Waals surface area contributed by atoms with Crippen LogP contribution < -0.4 is 16.6 Å². The Balaban J connectivity index is 0. The Morgan fingerprint density at radius 1 is 1.11 bits per heavy atom. The van der Waals surface area contributed by atoms with Crippen LogP contribution in [0.5, 0.6) is 0 Å². The molecule has 0 fully saturated rings. The Bertz CT molecular complexity index is 327. The number of aryl methyl sites for hydroxylation is 1. The van der Waals surface area contributed by atoms with Gasteiger partial charge in [-0.25, -0.2) is 0 Å². The van der Waals surface area contributed by atoms with E-state index in [2.05, 4.69) is 43.1 Å². The lowest BCUT2D eigenvalue weighted by Crippen LogP contribution is -2.21. The van der Waals surface area contributed by atoms with Gasteiger partial charge in [-0.15, -0.1) is 0 Å². The minimum atomic E-state index is 0.648. The van der Waals surface area contributed by atoms with Gasteiger partial charge in [-0.3, -0.25) is 10.9 Å². The van der Waals surface area contributed by atoms with Crippen molar-refractivity contribution in [2.24, 2.45) is 5.73 Å². The van der Waals surface area contributed by atoms with E-state index in [4.69, 9.17) is 5.73 Å². The predicted molar refractivity (Wildman–Crippen MR) is 82.0 cm³/mol. The molecular formula is C15H25N3. The fourth-order valence-corrected chi connectivity index (χ4v) is 0.739. The van der Waals surface area contributed by atoms with Crippen molar-refractivity contribution >= 4 is 0 Å². The third-order valence-electron chi connectivity index (χ3n) is 1.74. The molecule has 1 aromatic carbocycles. The maximum atomic E-state index is 5.26. The molecule has 3 heteroatoms. The van der Waals surface area contributed by atoms with Gasteiger partial charge in [-0.1, -0.05) is 55.1 Å². The monoisotopic (exact) mass is 247 g/mol. The highest BCUT2D eigenvalue weighted by atomic mass is 15.3. The van der Waals surface area contributed by atoms with Crippen LogP contribution in [0.25, 0.3) is 0 Å². The number of rotatable bonds is 3. The van der Waals surface area contributed by atoms with Crippen LogP contribution in [0.3, 0.4) is 0 Å². The van der Waals surface area contributed by atoms with Gasteiger partial charge < -0.3 is 5.73 Å². The quantitative estimate of drug-likeness (QED) is 0.568. The Labute approximate surface area is 111 Å². The first-order valence-corrected chi connectivity index (χ1v) is 5.68. The van der Waals surface area contributed by atoms with E-state index in [1.165, 1.54) is 5.56 Å². The van der Waals surface area contributed by atoms with Gasteiger partial charge in [0.1, 0.15) is 0 Å². The number of allylic oxidation sites excluding steroid dienone is 3. The van der Waals surface area contributed by atoms with Gasteiger partial charge in [0.25, 0.3) is 0 Å². The zero-order valence-electron chi connectivity index (χ0n) is 11.6. The van der Waals surface area contributed by atoms with Crippen LogP contribution in [-0.2, 0) is 0 Å². The van der Waals surface area contributed by atoms with Crippen LogP contribution in [0, 0.1) is 6.92 Å². The van der Waals surface area contributed by atoms with E-state index in [1.54, 1.807) is 18.2 Å². The number of benzene rings is 1. The summed E-state index contributed by atoms with van der Waals surface area (Å²) >= 11 is 0. The van der Waals surface area contributed by atoms with Crippen molar-refractivity contribution in [3.05, 3.63) is 73.0 Å². The summed E-state index contributed by atoms with van der Waals surface area (Å²) in [6.45, 7) is 8.97. The molecule has 0 aliphatic heterocycles. The molecule has 0 unspecified atom stereocenters. The average molecular weight is 247 g/mol. The zero-order chi connectivity index (χ0) is 14.2. The Hall–Kier alpha value is -1.84. The maximum Gasteiger partial charge on any atom is 0.0307 e. The Morgan fingerprint density at radius 3 is 1.78 bits per heavy atom. The molecule has 100 valence electrons. The SMILES string of the molecule is C=C/C=C(/N)C=C.CNNC.Cc1ccccc1. The van der Waals surface area contributed by atoms with Gasteiger partial charge in [-0.2, -0.15) is 0 Å². The molecule has 0 aliphatic rings. The lowest BCUT2D eigenvalue weighted by atomic mass is 10.2. The molecular weight excluding hydrogens is 222 g/mol. The summed E-state index contributed by atoms with van der Waals surface area (Å²) in [5, 5.41) is 0. The molecule has 0 spiro atoms. The molecule has 0 atom stereocenters. The summed E-state index contributed by atoms with van der Waals surface area (Å²) in [6, 6.07) is 10.3. The lowest BCUT2D eigenvalue weighted by Gasteiger charge is -1.82. The van der Waals surface area contributed by atoms with E-state index in [-0.39, 0.29) is 0 Å². The second kappa shape index (κ2) is 15.2. The molecule has 1 rings (SSSR count). The first kappa shape index (κ1) is 18.5. The van der Waals surface area contributed by atoms with E-state index in [9.17, 15) is 0 Å². The smallest absolute Gasteiger partial charge is 0.0307 e. The van der Waals surface area contributed by atoms with Crippen LogP contribution in [0.15, 0.2) is 67.4 Å². The molecule has 0 radical (unpaired) electrons. The van der Waals surface area contributed by atoms with Crippen LogP contribution in [0.1, 0.15) is 5.56 Å². The van der Waals surface area contributed by atoms with Gasteiger partial charge in [0.2, 0.25) is 0 Å². The number of hydrogen-bond acceptors (Lipinski definition) is 3. The van der Waals surface area contributed by atoms with Crippen molar-refractivity contribution in [2.45, 2.75) is 6.92 Å². The normalized spacial score (nSPS) is 9.17. The summed E-state index contributed by atoms with van der Waals surface area (Å²) in [5.74, 6) is 0. The van der Waals surface area contributed by atoms with E-state index in [0.717, 1.165) is 0 Å². The molecule has 0 bridgehead atoms. The number of nitrogens with two attached hydrogens (primary N) is 1. The molecule has 3 nitrogen and oxygen atoms in total. The number of hydrogen-bond donors (Lipinski definition) is 3. The molecule has 0 saturated carbocycles. The summed E-state index contributed by atoms with van der Waals surface area (Å²) in [4.78, 5) is 0. The molecule has 1 aromatic rings. The average Bonchev–Trinajstić information content (AvgIpc) is 2.41. The molecule has 0 amide bonds. The first-order valence-electron chi connectivity index (χ1n) is 5.68. The second-order valence-corrected chi connectivity index (χ2v) is 3.26. The van der Waals surface area contributed by atoms with E-state index in [0.29, 0.717) is 5.70 Å². The van der Waals surface area contributed by atoms with Gasteiger partial charge in [0.15, 0.2) is 0 Å². The van der Waals surface area contributed by atoms with Gasteiger partial charge in [0.05, 0.1) is 0 Å². The topological polar surface area (TPSA) is 50.1 Å². The molecule has 0 aromatic heterocycles. The number of hydrazine groups is 1. The minimum Gasteiger partial charge on any atom is -0.399 e. The summed E-state index contributed by atoms with van der Waals surface area (Å²) < 4.78 is 0. The maximum absolute atomic E-state index is 5.26. The van der Waals surface area contributed by atoms with Crippen molar-refractivity contribution in [3.8, 4) is 0 Å². The van der Waals surface area contributed by atoms with Gasteiger partial charge >= 0.3 is 0 Å². The van der Waals surface area contributed by atoms with E-state index >= 15 is 0 Å². The standard InChI is InChI=1S/C7H8.C6H9N.C2H8N2/c1-7-5-3-2-4-6-7;1-3-5-6(7)4-2;1-3-4-2/h2-6H,1H3;3-5H,1-2,7H2;3-4H,1-2H3/b;6-5+;. The van der Waals surface area contributed by atoms with Crippen molar-refractivity contribution < 1.29 is 0 Å². The summed E-state index contributed by atoms with van der Waals surface area (Å²) in [6.07, 6.45) is 4.88. The highest BCUT2D eigenvalue weighted by Crippen LogP contribution is 1.92. The third kappa shape index (κ3) is 16.6. The summed E-state index contributed by atoms with van der Waals surface area (Å²) in [7, 11) is 3.64. The molecule has 0 heterocycles. The first-order chi connectivity index (χ1) is 8.62. The molecule has 18 heavy (non-hydrogen) atoms. The van der Waals surface area contributed by atoms with Gasteiger partial charge in [0, 0.05) is 5.70 Å². The fourth-order valence-electron chi connectivity index (χ4n) is 0.739. The third-order valence-corrected chi connectivity index (χ3v) is 1.74. The molecule has 0 saturated heterocycles. The number of nitrogens with one attached hydrogen (secondary N) is 2. The van der Waals surface area contributed by atoms with E-state index < -0.39 is 0 Å². The van der Waals surface area contributed by atoms with Crippen molar-refractivity contribution in [1.82, 2.24) is 10.9 Å². The summed E-state index contributed by atoms with van der Waals surface area (Å²) in [5.41, 5.74) is 12.6. The Kier molecular flexibility index (Phi) is 15.6. The van der Waals surface area contributed by atoms with Crippen LogP contribution in [0.2, 0.25) is 0 Å². The van der Waals surface area contributed by atoms with Crippen molar-refractivity contribution in [3.63, 3.8) is 0 Å². The van der Waals surface area contributed by atoms with Crippen LogP contribution in [-0.4, -0.2) is 14.1 Å². The lowest BCUT2D eigenvalue weighted by molar-refractivity contribution is 0.689. The van der Waals surface area contributed by atoms with Crippen LogP contribution in [0.4, 0.5) is 0 Å². The zero-order valence-corrected chi connectivity index (χ0v) is 11.6. The van der Waals surface area contributed by atoms with Crippen molar-refractivity contribution in [2.75, 3.05) is 14.1 Å². The minimum absolute atomic E-state index is 0.648. The van der Waals surface area contributed by atoms with Crippen molar-refractivity contribution in [1.29, 1.82) is 0 Å². The second-order valence-electron chi connectivity index (χ2n) is 3.26. The molecule has 4 N–H and O–H groups in total. The largest absolute Gasteiger partial charge is 0.399 e. The molecule has 0 aliphatic carbocycles. The van der Waals surface area contributed by atoms with Crippen LogP contribution >= 0.6 is 0 Å². The predicted octanol–water partition coefficient (Wildman–Crippen LogP) is 2.54. The highest BCUT2D eigenvalue weighted by Gasteiger charge is 1.72. The highest BCUT2D eigenvalue weighted by molar-refractivity contribution is 5.16. The van der Waals surface area contributed by atoms with Gasteiger partial charge in [-0.05, 0) is 33.2 Å². The fraction of sp³-hybridized carbons (Fsp3) is 0.200. The van der Waals surface area contributed by atoms with E-state index in [1.807, 2.05) is 32.3 Å².